The minimum absolute atomic E-state index is 0.122. The number of hydrogen-bond acceptors (Lipinski definition) is 4. The lowest BCUT2D eigenvalue weighted by Crippen LogP contribution is -2.16. The summed E-state index contributed by atoms with van der Waals surface area (Å²) in [6.45, 7) is 9.95. The molecule has 0 aliphatic carbocycles. The van der Waals surface area contributed by atoms with Crippen LogP contribution in [0.5, 0.6) is 0 Å². The highest BCUT2D eigenvalue weighted by atomic mass is 79.9. The molecule has 0 spiro atoms. The lowest BCUT2D eigenvalue weighted by molar-refractivity contribution is -0.142. The second-order valence-electron chi connectivity index (χ2n) is 4.92. The first kappa shape index (κ1) is 17.2. The topological polar surface area (TPSA) is 52.6 Å². The van der Waals surface area contributed by atoms with Crippen molar-refractivity contribution in [2.75, 3.05) is 13.2 Å². The molecule has 0 aliphatic heterocycles. The van der Waals surface area contributed by atoms with E-state index in [9.17, 15) is 9.59 Å². The molecule has 0 aromatic carbocycles. The van der Waals surface area contributed by atoms with Gasteiger partial charge in [-0.25, -0.2) is 9.59 Å². The quantitative estimate of drug-likeness (QED) is 0.557. The van der Waals surface area contributed by atoms with Gasteiger partial charge >= 0.3 is 11.9 Å². The summed E-state index contributed by atoms with van der Waals surface area (Å²) in [5.74, 6) is -0.532. The van der Waals surface area contributed by atoms with Gasteiger partial charge in [-0.2, -0.15) is 0 Å². The summed E-state index contributed by atoms with van der Waals surface area (Å²) in [5.41, 5.74) is 0.226. The zero-order valence-electron chi connectivity index (χ0n) is 11.6. The first-order chi connectivity index (χ1) is 8.25. The van der Waals surface area contributed by atoms with Gasteiger partial charge in [0.05, 0.1) is 18.8 Å². The molecule has 0 aromatic heterocycles. The molecule has 0 saturated carbocycles. The lowest BCUT2D eigenvalue weighted by atomic mass is 10.2. The van der Waals surface area contributed by atoms with Crippen molar-refractivity contribution >= 4 is 27.9 Å². The van der Waals surface area contributed by atoms with E-state index in [1.807, 2.05) is 27.7 Å². The molecule has 0 radical (unpaired) electrons. The summed E-state index contributed by atoms with van der Waals surface area (Å²) < 4.78 is 10.2. The predicted octanol–water partition coefficient (Wildman–Crippen LogP) is 3.05. The number of hydrogen-bond donors (Lipinski definition) is 0. The average Bonchev–Trinajstić information content (AvgIpc) is 2.30. The van der Waals surface area contributed by atoms with Gasteiger partial charge in [0.15, 0.2) is 0 Å². The molecule has 0 aromatic rings. The van der Waals surface area contributed by atoms with Gasteiger partial charge in [-0.1, -0.05) is 27.7 Å². The van der Waals surface area contributed by atoms with Crippen LogP contribution in [0.4, 0.5) is 0 Å². The van der Waals surface area contributed by atoms with Gasteiger partial charge in [0, 0.05) is 0 Å². The molecule has 0 N–H and O–H groups in total. The number of ether oxygens (including phenoxy) is 2. The Kier molecular flexibility index (Phi) is 7.91. The average molecular weight is 321 g/mol. The Morgan fingerprint density at radius 2 is 1.33 bits per heavy atom. The minimum Gasteiger partial charge on any atom is -0.462 e. The van der Waals surface area contributed by atoms with Crippen molar-refractivity contribution < 1.29 is 19.1 Å². The third kappa shape index (κ3) is 6.79. The predicted molar refractivity (Wildman–Crippen MR) is 73.2 cm³/mol. The lowest BCUT2D eigenvalue weighted by Gasteiger charge is -2.10. The van der Waals surface area contributed by atoms with E-state index in [4.69, 9.17) is 9.47 Å². The van der Waals surface area contributed by atoms with Crippen molar-refractivity contribution in [1.82, 2.24) is 0 Å². The molecule has 4 nitrogen and oxygen atoms in total. The first-order valence-electron chi connectivity index (χ1n) is 5.96. The normalized spacial score (nSPS) is 12.4. The summed E-state index contributed by atoms with van der Waals surface area (Å²) in [7, 11) is 0. The SMILES string of the molecule is C/C(C(=O)OCC(C)C)=C(\Br)C(=O)OCC(C)C. The van der Waals surface area contributed by atoms with Crippen LogP contribution < -0.4 is 0 Å². The highest BCUT2D eigenvalue weighted by Crippen LogP contribution is 2.16. The van der Waals surface area contributed by atoms with Crippen LogP contribution in [0.2, 0.25) is 0 Å². The summed E-state index contributed by atoms with van der Waals surface area (Å²) in [5, 5.41) is 0. The molecule has 0 amide bonds. The van der Waals surface area contributed by atoms with Crippen molar-refractivity contribution in [2.45, 2.75) is 34.6 Å². The van der Waals surface area contributed by atoms with Gasteiger partial charge in [0.2, 0.25) is 0 Å². The number of rotatable bonds is 6. The fraction of sp³-hybridized carbons (Fsp3) is 0.692. The minimum atomic E-state index is -0.539. The number of carbonyl (C=O) groups is 2. The van der Waals surface area contributed by atoms with Crippen molar-refractivity contribution in [2.24, 2.45) is 11.8 Å². The van der Waals surface area contributed by atoms with Gasteiger partial charge in [-0.05, 0) is 34.7 Å². The van der Waals surface area contributed by atoms with Crippen molar-refractivity contribution in [1.29, 1.82) is 0 Å². The maximum absolute atomic E-state index is 11.6. The van der Waals surface area contributed by atoms with Gasteiger partial charge in [-0.15, -0.1) is 0 Å². The highest BCUT2D eigenvalue weighted by molar-refractivity contribution is 9.12. The smallest absolute Gasteiger partial charge is 0.345 e. The molecule has 0 atom stereocenters. The maximum Gasteiger partial charge on any atom is 0.345 e. The van der Waals surface area contributed by atoms with E-state index in [-0.39, 0.29) is 21.9 Å². The Morgan fingerprint density at radius 1 is 0.944 bits per heavy atom. The molecule has 0 saturated heterocycles. The van der Waals surface area contributed by atoms with Crippen LogP contribution in [0.15, 0.2) is 10.1 Å². The Labute approximate surface area is 117 Å². The van der Waals surface area contributed by atoms with E-state index in [1.165, 1.54) is 6.92 Å². The number of esters is 2. The van der Waals surface area contributed by atoms with E-state index in [2.05, 4.69) is 15.9 Å². The van der Waals surface area contributed by atoms with E-state index >= 15 is 0 Å². The van der Waals surface area contributed by atoms with Crippen LogP contribution >= 0.6 is 15.9 Å². The second kappa shape index (κ2) is 8.29. The first-order valence-corrected chi connectivity index (χ1v) is 6.75. The Bertz CT molecular complexity index is 300. The largest absolute Gasteiger partial charge is 0.462 e. The van der Waals surface area contributed by atoms with Gasteiger partial charge in [-0.3, -0.25) is 0 Å². The van der Waals surface area contributed by atoms with Gasteiger partial charge in [0.25, 0.3) is 0 Å². The van der Waals surface area contributed by atoms with E-state index in [0.717, 1.165) is 0 Å². The molecule has 18 heavy (non-hydrogen) atoms. The Hall–Kier alpha value is -0.840. The molecule has 0 rings (SSSR count). The third-order valence-electron chi connectivity index (χ3n) is 1.91. The highest BCUT2D eigenvalue weighted by Gasteiger charge is 2.18. The molecular weight excluding hydrogens is 300 g/mol. The zero-order chi connectivity index (χ0) is 14.3. The summed E-state index contributed by atoms with van der Waals surface area (Å²) >= 11 is 3.07. The Morgan fingerprint density at radius 3 is 1.72 bits per heavy atom. The number of halogens is 1. The van der Waals surface area contributed by atoms with Gasteiger partial charge < -0.3 is 9.47 Å². The number of carbonyl (C=O) groups excluding carboxylic acids is 2. The standard InChI is InChI=1S/C13H21BrO4/c1-8(2)6-17-12(15)10(5)11(14)13(16)18-7-9(3)4/h8-9H,6-7H2,1-5H3/b11-10+. The third-order valence-corrected chi connectivity index (χ3v) is 2.83. The molecular formula is C13H21BrO4. The fourth-order valence-corrected chi connectivity index (χ4v) is 1.18. The molecule has 0 aliphatic rings. The van der Waals surface area contributed by atoms with Gasteiger partial charge in [0.1, 0.15) is 4.48 Å². The summed E-state index contributed by atoms with van der Waals surface area (Å²) in [6, 6.07) is 0. The fourth-order valence-electron chi connectivity index (χ4n) is 0.899. The molecule has 0 heterocycles. The summed E-state index contributed by atoms with van der Waals surface area (Å²) in [6.07, 6.45) is 0. The summed E-state index contributed by atoms with van der Waals surface area (Å²) in [4.78, 5) is 23.2. The second-order valence-corrected chi connectivity index (χ2v) is 5.72. The van der Waals surface area contributed by atoms with Crippen LogP contribution in [-0.4, -0.2) is 25.2 Å². The van der Waals surface area contributed by atoms with Crippen LogP contribution in [0.3, 0.4) is 0 Å². The van der Waals surface area contributed by atoms with Crippen molar-refractivity contribution in [3.63, 3.8) is 0 Å². The zero-order valence-corrected chi connectivity index (χ0v) is 13.2. The molecule has 0 fully saturated rings. The van der Waals surface area contributed by atoms with Crippen molar-refractivity contribution in [3.8, 4) is 0 Å². The van der Waals surface area contributed by atoms with E-state index in [1.54, 1.807) is 0 Å². The van der Waals surface area contributed by atoms with E-state index < -0.39 is 11.9 Å². The molecule has 0 bridgehead atoms. The van der Waals surface area contributed by atoms with Crippen LogP contribution in [0.1, 0.15) is 34.6 Å². The van der Waals surface area contributed by atoms with Crippen LogP contribution in [0, 0.1) is 11.8 Å². The molecule has 104 valence electrons. The van der Waals surface area contributed by atoms with Crippen LogP contribution in [-0.2, 0) is 19.1 Å². The monoisotopic (exact) mass is 320 g/mol. The molecule has 0 unspecified atom stereocenters. The van der Waals surface area contributed by atoms with E-state index in [0.29, 0.717) is 13.2 Å². The Balaban J connectivity index is 4.49. The van der Waals surface area contributed by atoms with Crippen molar-refractivity contribution in [3.05, 3.63) is 10.1 Å². The molecule has 5 heteroatoms. The maximum atomic E-state index is 11.6. The van der Waals surface area contributed by atoms with Crippen LogP contribution in [0.25, 0.3) is 0 Å².